The zero-order valence-electron chi connectivity index (χ0n) is 18.0. The van der Waals surface area contributed by atoms with Crippen molar-refractivity contribution in [2.45, 2.75) is 31.5 Å². The van der Waals surface area contributed by atoms with Gasteiger partial charge in [-0.3, -0.25) is 9.69 Å². The molecule has 0 saturated carbocycles. The first kappa shape index (κ1) is 21.4. The van der Waals surface area contributed by atoms with Crippen LogP contribution in [0.4, 0.5) is 10.5 Å². The van der Waals surface area contributed by atoms with Crippen LogP contribution in [0.3, 0.4) is 0 Å². The van der Waals surface area contributed by atoms with E-state index in [0.29, 0.717) is 13.0 Å². The second-order valence-corrected chi connectivity index (χ2v) is 7.85. The van der Waals surface area contributed by atoms with Gasteiger partial charge in [0.1, 0.15) is 5.54 Å². The summed E-state index contributed by atoms with van der Waals surface area (Å²) in [5.41, 5.74) is 2.06. The maximum atomic E-state index is 13.1. The van der Waals surface area contributed by atoms with E-state index in [-0.39, 0.29) is 11.9 Å². The highest BCUT2D eigenvalue weighted by Gasteiger charge is 2.47. The Morgan fingerprint density at radius 1 is 1.07 bits per heavy atom. The van der Waals surface area contributed by atoms with Gasteiger partial charge in [-0.05, 0) is 36.6 Å². The normalized spacial score (nSPS) is 20.1. The van der Waals surface area contributed by atoms with Crippen molar-refractivity contribution < 1.29 is 14.3 Å². The van der Waals surface area contributed by atoms with E-state index < -0.39 is 11.6 Å². The van der Waals surface area contributed by atoms with E-state index in [9.17, 15) is 9.59 Å². The number of anilines is 1. The lowest BCUT2D eigenvalue weighted by molar-refractivity contribution is -0.129. The molecule has 2 amide bonds. The molecule has 1 aliphatic rings. The molecular weight excluding hydrogens is 378 g/mol. The van der Waals surface area contributed by atoms with E-state index in [0.717, 1.165) is 16.8 Å². The average molecular weight is 408 g/mol. The largest absolute Gasteiger partial charge is 0.453 e. The van der Waals surface area contributed by atoms with Crippen LogP contribution >= 0.6 is 0 Å². The Hall–Kier alpha value is -3.28. The third kappa shape index (κ3) is 4.48. The molecule has 0 saturated heterocycles. The second-order valence-electron chi connectivity index (χ2n) is 7.85. The zero-order chi connectivity index (χ0) is 21.7. The number of rotatable bonds is 6. The predicted molar refractivity (Wildman–Crippen MR) is 118 cm³/mol. The van der Waals surface area contributed by atoms with Gasteiger partial charge in [-0.25, -0.2) is 4.79 Å². The fourth-order valence-corrected chi connectivity index (χ4v) is 3.71. The molecule has 2 aromatic rings. The van der Waals surface area contributed by atoms with E-state index in [1.54, 1.807) is 13.0 Å². The molecule has 6 heteroatoms. The molecule has 1 heterocycles. The van der Waals surface area contributed by atoms with Crippen LogP contribution in [0.25, 0.3) is 0 Å². The number of benzene rings is 2. The monoisotopic (exact) mass is 407 g/mol. The number of nitrogens with zero attached hydrogens (tertiary/aromatic N) is 2. The molecule has 30 heavy (non-hydrogen) atoms. The highest BCUT2D eigenvalue weighted by Crippen LogP contribution is 2.30. The van der Waals surface area contributed by atoms with E-state index in [1.807, 2.05) is 79.7 Å². The number of ether oxygens (including phenoxy) is 1. The molecule has 0 unspecified atom stereocenters. The van der Waals surface area contributed by atoms with E-state index in [1.165, 1.54) is 12.0 Å². The quantitative estimate of drug-likeness (QED) is 0.746. The van der Waals surface area contributed by atoms with Gasteiger partial charge in [0.15, 0.2) is 0 Å². The smallest absolute Gasteiger partial charge is 0.411 e. The summed E-state index contributed by atoms with van der Waals surface area (Å²) in [7, 11) is 5.31. The van der Waals surface area contributed by atoms with E-state index in [4.69, 9.17) is 4.74 Å². The topological polar surface area (TPSA) is 61.9 Å². The van der Waals surface area contributed by atoms with Gasteiger partial charge in [-0.2, -0.15) is 0 Å². The molecule has 0 radical (unpaired) electrons. The third-order valence-corrected chi connectivity index (χ3v) is 5.50. The molecule has 2 aromatic carbocycles. The predicted octanol–water partition coefficient (Wildman–Crippen LogP) is 3.38. The molecule has 0 aliphatic carbocycles. The minimum Gasteiger partial charge on any atom is -0.453 e. The van der Waals surface area contributed by atoms with Crippen molar-refractivity contribution in [2.75, 3.05) is 26.1 Å². The zero-order valence-corrected chi connectivity index (χ0v) is 18.0. The summed E-state index contributed by atoms with van der Waals surface area (Å²) in [5.74, 6) is -0.239. The van der Waals surface area contributed by atoms with Crippen LogP contribution in [0.5, 0.6) is 0 Å². The number of methoxy groups -OCH3 is 1. The summed E-state index contributed by atoms with van der Waals surface area (Å²) in [6, 6.07) is 17.6. The van der Waals surface area contributed by atoms with Crippen LogP contribution in [0.2, 0.25) is 0 Å². The number of hydrogen-bond acceptors (Lipinski definition) is 4. The van der Waals surface area contributed by atoms with Crippen LogP contribution in [-0.4, -0.2) is 49.7 Å². The maximum absolute atomic E-state index is 13.1. The first-order valence-corrected chi connectivity index (χ1v) is 10.0. The van der Waals surface area contributed by atoms with E-state index in [2.05, 4.69) is 5.32 Å². The lowest BCUT2D eigenvalue weighted by atomic mass is 10.0. The lowest BCUT2D eigenvalue weighted by Crippen LogP contribution is -2.58. The van der Waals surface area contributed by atoms with Gasteiger partial charge in [-0.1, -0.05) is 54.6 Å². The van der Waals surface area contributed by atoms with Gasteiger partial charge in [0, 0.05) is 26.3 Å². The molecule has 0 bridgehead atoms. The molecule has 0 aromatic heterocycles. The molecule has 0 fully saturated rings. The molecule has 1 aliphatic heterocycles. The van der Waals surface area contributed by atoms with Gasteiger partial charge in [0.2, 0.25) is 5.91 Å². The Morgan fingerprint density at radius 3 is 2.33 bits per heavy atom. The van der Waals surface area contributed by atoms with Crippen molar-refractivity contribution in [1.29, 1.82) is 0 Å². The first-order valence-electron chi connectivity index (χ1n) is 10.0. The van der Waals surface area contributed by atoms with Crippen LogP contribution in [0.1, 0.15) is 18.1 Å². The maximum Gasteiger partial charge on any atom is 0.411 e. The molecule has 0 spiro atoms. The van der Waals surface area contributed by atoms with Crippen molar-refractivity contribution in [3.8, 4) is 0 Å². The number of carbonyl (C=O) groups excluding carboxylic acids is 2. The van der Waals surface area contributed by atoms with Crippen molar-refractivity contribution >= 4 is 17.7 Å². The SMILES string of the molecule is COC(=O)N1[C@H](Cc2ccccc2)C=C[C@]1(C)C(=O)NCc1ccc(N(C)C)cc1. The van der Waals surface area contributed by atoms with Crippen molar-refractivity contribution in [3.05, 3.63) is 77.9 Å². The Bertz CT molecular complexity index is 909. The lowest BCUT2D eigenvalue weighted by Gasteiger charge is -2.36. The summed E-state index contributed by atoms with van der Waals surface area (Å²) in [5, 5.41) is 2.97. The summed E-state index contributed by atoms with van der Waals surface area (Å²) < 4.78 is 5.01. The third-order valence-electron chi connectivity index (χ3n) is 5.50. The minimum absolute atomic E-state index is 0.239. The summed E-state index contributed by atoms with van der Waals surface area (Å²) in [6.07, 6.45) is 3.80. The molecular formula is C24H29N3O3. The Morgan fingerprint density at radius 2 is 1.73 bits per heavy atom. The highest BCUT2D eigenvalue weighted by molar-refractivity contribution is 5.93. The summed E-state index contributed by atoms with van der Waals surface area (Å²) >= 11 is 0. The molecule has 3 rings (SSSR count). The van der Waals surface area contributed by atoms with Crippen LogP contribution < -0.4 is 10.2 Å². The fraction of sp³-hybridized carbons (Fsp3) is 0.333. The Kier molecular flexibility index (Phi) is 6.45. The van der Waals surface area contributed by atoms with E-state index >= 15 is 0 Å². The molecule has 1 N–H and O–H groups in total. The standard InChI is InChI=1S/C24H29N3O3/c1-24(22(28)25-17-19-10-12-20(13-11-19)26(2)3)15-14-21(27(24)23(29)30-4)16-18-8-6-5-7-9-18/h5-15,21H,16-17H2,1-4H3,(H,25,28)/t21-,24+/m0/s1. The summed E-state index contributed by atoms with van der Waals surface area (Å²) in [6.45, 7) is 2.13. The van der Waals surface area contributed by atoms with Gasteiger partial charge in [0.25, 0.3) is 0 Å². The van der Waals surface area contributed by atoms with Crippen LogP contribution in [0, 0.1) is 0 Å². The number of carbonyl (C=O) groups is 2. The van der Waals surface area contributed by atoms with Crippen LogP contribution in [-0.2, 0) is 22.5 Å². The van der Waals surface area contributed by atoms with Crippen molar-refractivity contribution in [1.82, 2.24) is 10.2 Å². The number of nitrogens with one attached hydrogen (secondary N) is 1. The molecule has 6 nitrogen and oxygen atoms in total. The van der Waals surface area contributed by atoms with Gasteiger partial charge >= 0.3 is 6.09 Å². The van der Waals surface area contributed by atoms with Crippen LogP contribution in [0.15, 0.2) is 66.7 Å². The minimum atomic E-state index is -1.11. The first-order chi connectivity index (χ1) is 14.3. The molecule has 158 valence electrons. The highest BCUT2D eigenvalue weighted by atomic mass is 16.5. The number of amides is 2. The van der Waals surface area contributed by atoms with Gasteiger partial charge in [-0.15, -0.1) is 0 Å². The second kappa shape index (κ2) is 9.03. The Labute approximate surface area is 178 Å². The average Bonchev–Trinajstić information content (AvgIpc) is 3.09. The van der Waals surface area contributed by atoms with Crippen molar-refractivity contribution in [3.63, 3.8) is 0 Å². The van der Waals surface area contributed by atoms with Crippen molar-refractivity contribution in [2.24, 2.45) is 0 Å². The van der Waals surface area contributed by atoms with Gasteiger partial charge < -0.3 is 15.0 Å². The number of hydrogen-bond donors (Lipinski definition) is 1. The fourth-order valence-electron chi connectivity index (χ4n) is 3.71. The summed E-state index contributed by atoms with van der Waals surface area (Å²) in [4.78, 5) is 29.3. The van der Waals surface area contributed by atoms with Gasteiger partial charge in [0.05, 0.1) is 13.2 Å². The Balaban J connectivity index is 1.72. The molecule has 2 atom stereocenters.